The molecule has 5 rings (SSSR count). The Hall–Kier alpha value is -3.65. The highest BCUT2D eigenvalue weighted by atomic mass is 16.2. The van der Waals surface area contributed by atoms with Gasteiger partial charge in [0, 0.05) is 48.2 Å². The van der Waals surface area contributed by atoms with Gasteiger partial charge in [0.15, 0.2) is 5.78 Å². The van der Waals surface area contributed by atoms with Crippen LogP contribution in [0.2, 0.25) is 12.6 Å². The minimum atomic E-state index is -0.183. The topological polar surface area (TPSA) is 85.5 Å². The van der Waals surface area contributed by atoms with Crippen LogP contribution in [0.25, 0.3) is 11.1 Å². The van der Waals surface area contributed by atoms with E-state index in [1.165, 1.54) is 5.56 Å². The van der Waals surface area contributed by atoms with E-state index in [4.69, 9.17) is 0 Å². The van der Waals surface area contributed by atoms with Crippen LogP contribution in [0.4, 0.5) is 5.69 Å². The fourth-order valence-corrected chi connectivity index (χ4v) is 6.24. The highest BCUT2D eigenvalue weighted by Gasteiger charge is 2.25. The summed E-state index contributed by atoms with van der Waals surface area (Å²) < 4.78 is 0. The number of hydrogen-bond acceptors (Lipinski definition) is 5. The van der Waals surface area contributed by atoms with E-state index in [2.05, 4.69) is 64.6 Å². The quantitative estimate of drug-likeness (QED) is 0.373. The highest BCUT2D eigenvalue weighted by Crippen LogP contribution is 2.35. The molecule has 2 aliphatic heterocycles. The molecule has 2 aromatic carbocycles. The number of carbonyl (C=O) groups excluding carboxylic acids is 2. The minimum Gasteiger partial charge on any atom is -0.369 e. The molecule has 0 saturated carbocycles. The molecule has 3 heterocycles. The molecule has 3 aromatic rings. The standard InChI is InChI=1S/C33H40BN4O3/c1-5-38(27-10-12-34-13-11-27)31-16-26(25-8-6-24(7-9-25)18-37-19-28(39)20-37)15-29(23(31)4)32(40)35-17-30-21(2)14-22(3)36-33(30)41/h6-9,14-16,27H,5,10-13,17-20H2,1-4H3,(H,35,40)(H,36,41). The van der Waals surface area contributed by atoms with Crippen LogP contribution in [0.1, 0.15) is 58.1 Å². The molecule has 2 fully saturated rings. The molecular weight excluding hydrogens is 511 g/mol. The summed E-state index contributed by atoms with van der Waals surface area (Å²) in [5, 5.41) is 3.03. The highest BCUT2D eigenvalue weighted by molar-refractivity contribution is 6.35. The van der Waals surface area contributed by atoms with Crippen molar-refractivity contribution < 1.29 is 9.59 Å². The van der Waals surface area contributed by atoms with Crippen LogP contribution >= 0.6 is 0 Å². The van der Waals surface area contributed by atoms with Gasteiger partial charge in [0.2, 0.25) is 0 Å². The Kier molecular flexibility index (Phi) is 8.78. The van der Waals surface area contributed by atoms with E-state index in [0.717, 1.165) is 72.2 Å². The van der Waals surface area contributed by atoms with Crippen molar-refractivity contribution >= 4 is 24.7 Å². The van der Waals surface area contributed by atoms with Crippen LogP contribution in [-0.2, 0) is 17.9 Å². The number of hydrogen-bond donors (Lipinski definition) is 2. The van der Waals surface area contributed by atoms with Crippen molar-refractivity contribution in [3.05, 3.63) is 86.3 Å². The van der Waals surface area contributed by atoms with Crippen LogP contribution in [-0.4, -0.2) is 54.5 Å². The minimum absolute atomic E-state index is 0.164. The van der Waals surface area contributed by atoms with Gasteiger partial charge in [-0.2, -0.15) is 0 Å². The first-order valence-electron chi connectivity index (χ1n) is 14.8. The number of aromatic amines is 1. The summed E-state index contributed by atoms with van der Waals surface area (Å²) in [4.78, 5) is 45.1. The molecule has 1 amide bonds. The number of pyridine rings is 1. The lowest BCUT2D eigenvalue weighted by molar-refractivity contribution is -0.129. The van der Waals surface area contributed by atoms with Gasteiger partial charge in [0.05, 0.1) is 13.1 Å². The van der Waals surface area contributed by atoms with Gasteiger partial charge in [-0.15, -0.1) is 0 Å². The molecular formula is C33H40BN4O3. The van der Waals surface area contributed by atoms with E-state index in [0.29, 0.717) is 30.3 Å². The van der Waals surface area contributed by atoms with Crippen molar-refractivity contribution in [2.24, 2.45) is 0 Å². The van der Waals surface area contributed by atoms with Crippen LogP contribution in [0.5, 0.6) is 0 Å². The van der Waals surface area contributed by atoms with Gasteiger partial charge in [-0.25, -0.2) is 0 Å². The summed E-state index contributed by atoms with van der Waals surface area (Å²) in [6, 6.07) is 15.0. The van der Waals surface area contributed by atoms with E-state index in [-0.39, 0.29) is 23.8 Å². The second-order valence-electron chi connectivity index (χ2n) is 11.6. The van der Waals surface area contributed by atoms with Gasteiger partial charge in [0.1, 0.15) is 7.28 Å². The van der Waals surface area contributed by atoms with E-state index in [1.54, 1.807) is 0 Å². The first-order chi connectivity index (χ1) is 19.7. The van der Waals surface area contributed by atoms with Crippen molar-refractivity contribution in [3.63, 3.8) is 0 Å². The van der Waals surface area contributed by atoms with Crippen molar-refractivity contribution in [1.29, 1.82) is 0 Å². The first kappa shape index (κ1) is 28.9. The predicted octanol–water partition coefficient (Wildman–Crippen LogP) is 4.81. The zero-order chi connectivity index (χ0) is 29.1. The fourth-order valence-electron chi connectivity index (χ4n) is 6.24. The Morgan fingerprint density at radius 2 is 1.73 bits per heavy atom. The van der Waals surface area contributed by atoms with Gasteiger partial charge in [-0.1, -0.05) is 36.9 Å². The molecule has 1 aromatic heterocycles. The molecule has 0 unspecified atom stereocenters. The number of aromatic nitrogens is 1. The fraction of sp³-hybridized carbons (Fsp3) is 0.424. The summed E-state index contributed by atoms with van der Waals surface area (Å²) in [7, 11) is 2.37. The lowest BCUT2D eigenvalue weighted by atomic mass is 9.63. The summed E-state index contributed by atoms with van der Waals surface area (Å²) in [5.41, 5.74) is 7.96. The number of nitrogens with one attached hydrogen (secondary N) is 2. The van der Waals surface area contributed by atoms with Gasteiger partial charge in [-0.05, 0) is 86.6 Å². The molecule has 41 heavy (non-hydrogen) atoms. The third-order valence-corrected chi connectivity index (χ3v) is 8.54. The van der Waals surface area contributed by atoms with Crippen molar-refractivity contribution in [3.8, 4) is 11.1 Å². The monoisotopic (exact) mass is 551 g/mol. The molecule has 0 atom stereocenters. The molecule has 0 aliphatic carbocycles. The van der Waals surface area contributed by atoms with Gasteiger partial charge >= 0.3 is 0 Å². The molecule has 0 bridgehead atoms. The summed E-state index contributed by atoms with van der Waals surface area (Å²) in [6.07, 6.45) is 4.45. The third kappa shape index (κ3) is 6.48. The Labute approximate surface area is 243 Å². The number of nitrogens with zero attached hydrogens (tertiary/aromatic N) is 2. The first-order valence-corrected chi connectivity index (χ1v) is 14.8. The zero-order valence-electron chi connectivity index (χ0n) is 24.7. The third-order valence-electron chi connectivity index (χ3n) is 8.54. The Morgan fingerprint density at radius 3 is 2.37 bits per heavy atom. The smallest absolute Gasteiger partial charge is 0.253 e. The van der Waals surface area contributed by atoms with Crippen molar-refractivity contribution in [2.45, 2.75) is 72.3 Å². The number of H-pyrrole nitrogens is 1. The molecule has 2 saturated heterocycles. The normalized spacial score (nSPS) is 15.8. The van der Waals surface area contributed by atoms with Crippen LogP contribution in [0.3, 0.4) is 0 Å². The second-order valence-corrected chi connectivity index (χ2v) is 11.6. The van der Waals surface area contributed by atoms with E-state index < -0.39 is 0 Å². The van der Waals surface area contributed by atoms with Crippen molar-refractivity contribution in [1.82, 2.24) is 15.2 Å². The molecule has 7 nitrogen and oxygen atoms in total. The zero-order valence-corrected chi connectivity index (χ0v) is 24.7. The van der Waals surface area contributed by atoms with Gasteiger partial charge in [-0.3, -0.25) is 19.3 Å². The van der Waals surface area contributed by atoms with Gasteiger partial charge in [0.25, 0.3) is 11.5 Å². The molecule has 0 spiro atoms. The predicted molar refractivity (Wildman–Crippen MR) is 166 cm³/mol. The average Bonchev–Trinajstić information content (AvgIpc) is 2.94. The number of anilines is 1. The maximum atomic E-state index is 13.7. The maximum absolute atomic E-state index is 13.7. The SMILES string of the molecule is CCN(c1cc(-c2ccc(CN3CC(=O)C3)cc2)cc(C(=O)NCc2c(C)cc(C)[nH]c2=O)c1C)C1CC[B]CC1. The molecule has 8 heteroatoms. The maximum Gasteiger partial charge on any atom is 0.253 e. The summed E-state index contributed by atoms with van der Waals surface area (Å²) in [6.45, 7) is 10.8. The van der Waals surface area contributed by atoms with Gasteiger partial charge < -0.3 is 15.2 Å². The number of amides is 1. The lowest BCUT2D eigenvalue weighted by Gasteiger charge is -2.37. The number of ketones is 1. The van der Waals surface area contributed by atoms with E-state index in [9.17, 15) is 14.4 Å². The van der Waals surface area contributed by atoms with Crippen molar-refractivity contribution in [2.75, 3.05) is 24.5 Å². The number of rotatable bonds is 9. The van der Waals surface area contributed by atoms with E-state index >= 15 is 0 Å². The molecule has 1 radical (unpaired) electrons. The van der Waals surface area contributed by atoms with E-state index in [1.807, 2.05) is 32.9 Å². The van der Waals surface area contributed by atoms with Crippen LogP contribution in [0, 0.1) is 20.8 Å². The Balaban J connectivity index is 1.47. The largest absolute Gasteiger partial charge is 0.369 e. The number of aryl methyl sites for hydroxylation is 2. The summed E-state index contributed by atoms with van der Waals surface area (Å²) >= 11 is 0. The Bertz CT molecular complexity index is 1480. The van der Waals surface area contributed by atoms with Crippen LogP contribution < -0.4 is 15.8 Å². The lowest BCUT2D eigenvalue weighted by Crippen LogP contribution is -2.46. The number of carbonyl (C=O) groups is 2. The molecule has 2 N–H and O–H groups in total. The van der Waals surface area contributed by atoms with Crippen LogP contribution in [0.15, 0.2) is 47.3 Å². The molecule has 213 valence electrons. The average molecular weight is 552 g/mol. The number of likely N-dealkylation sites (tertiary alicyclic amines) is 1. The molecule has 2 aliphatic rings. The number of benzene rings is 2. The summed E-state index contributed by atoms with van der Waals surface area (Å²) in [5.74, 6) is 0.107. The second kappa shape index (κ2) is 12.5. The Morgan fingerprint density at radius 1 is 1.02 bits per heavy atom. The number of Topliss-reactive ketones (excluding diaryl/α,β-unsaturated/α-hetero) is 1.